The number of hydrogen-bond donors (Lipinski definition) is 1. The van der Waals surface area contributed by atoms with Gasteiger partial charge < -0.3 is 15.4 Å². The van der Waals surface area contributed by atoms with Crippen molar-refractivity contribution in [3.05, 3.63) is 0 Å². The summed E-state index contributed by atoms with van der Waals surface area (Å²) < 4.78 is 5.47. The van der Waals surface area contributed by atoms with E-state index in [-0.39, 0.29) is 0 Å². The molecule has 2 N–H and O–H groups in total. The lowest BCUT2D eigenvalue weighted by molar-refractivity contribution is 0.109. The molecule has 4 nitrogen and oxygen atoms in total. The lowest BCUT2D eigenvalue weighted by Crippen LogP contribution is -2.35. The second kappa shape index (κ2) is 6.74. The van der Waals surface area contributed by atoms with Crippen molar-refractivity contribution in [2.45, 2.75) is 39.2 Å². The van der Waals surface area contributed by atoms with Crippen LogP contribution < -0.4 is 5.73 Å². The summed E-state index contributed by atoms with van der Waals surface area (Å²) in [6.45, 7) is 6.69. The third kappa shape index (κ3) is 5.35. The van der Waals surface area contributed by atoms with Gasteiger partial charge in [-0.1, -0.05) is 13.8 Å². The smallest absolute Gasteiger partial charge is 0.191 e. The van der Waals surface area contributed by atoms with Gasteiger partial charge in [0, 0.05) is 32.8 Å². The highest BCUT2D eigenvalue weighted by Crippen LogP contribution is 2.24. The van der Waals surface area contributed by atoms with Gasteiger partial charge in [0.25, 0.3) is 0 Å². The van der Waals surface area contributed by atoms with E-state index in [1.54, 1.807) is 0 Å². The normalized spacial score (nSPS) is 16.9. The van der Waals surface area contributed by atoms with Gasteiger partial charge in [-0.15, -0.1) is 0 Å². The van der Waals surface area contributed by atoms with Crippen LogP contribution in [0.4, 0.5) is 0 Å². The summed E-state index contributed by atoms with van der Waals surface area (Å²) in [5.74, 6) is 1.28. The van der Waals surface area contributed by atoms with Crippen molar-refractivity contribution in [3.8, 4) is 0 Å². The maximum atomic E-state index is 5.86. The zero-order valence-electron chi connectivity index (χ0n) is 10.8. The average molecular weight is 227 g/mol. The van der Waals surface area contributed by atoms with E-state index >= 15 is 0 Å². The number of guanidine groups is 1. The molecule has 0 bridgehead atoms. The van der Waals surface area contributed by atoms with E-state index in [0.717, 1.165) is 26.2 Å². The summed E-state index contributed by atoms with van der Waals surface area (Å²) in [7, 11) is 2.02. The predicted molar refractivity (Wildman–Crippen MR) is 67.5 cm³/mol. The first-order valence-electron chi connectivity index (χ1n) is 6.21. The molecule has 1 fully saturated rings. The standard InChI is InChI=1S/C12H25N3O/c1-10(2)9-16-8-4-7-14-12(13)15(3)11-5-6-11/h10-11H,4-9H2,1-3H3,(H2,13,14). The molecular formula is C12H25N3O. The Bertz CT molecular complexity index is 224. The molecule has 1 rings (SSSR count). The Morgan fingerprint density at radius 1 is 1.50 bits per heavy atom. The summed E-state index contributed by atoms with van der Waals surface area (Å²) >= 11 is 0. The Labute approximate surface area is 98.9 Å². The van der Waals surface area contributed by atoms with Crippen molar-refractivity contribution < 1.29 is 4.74 Å². The molecule has 0 saturated heterocycles. The molecule has 0 heterocycles. The second-order valence-electron chi connectivity index (χ2n) is 4.90. The van der Waals surface area contributed by atoms with Gasteiger partial charge in [-0.3, -0.25) is 4.99 Å². The number of nitrogens with two attached hydrogens (primary N) is 1. The molecule has 94 valence electrons. The Morgan fingerprint density at radius 2 is 2.19 bits per heavy atom. The molecule has 1 aliphatic rings. The first kappa shape index (κ1) is 13.3. The van der Waals surface area contributed by atoms with Crippen LogP contribution in [-0.4, -0.2) is 43.7 Å². The zero-order valence-corrected chi connectivity index (χ0v) is 10.8. The molecule has 0 radical (unpaired) electrons. The van der Waals surface area contributed by atoms with E-state index in [9.17, 15) is 0 Å². The maximum Gasteiger partial charge on any atom is 0.191 e. The van der Waals surface area contributed by atoms with Crippen molar-refractivity contribution in [3.63, 3.8) is 0 Å². The fraction of sp³-hybridized carbons (Fsp3) is 0.917. The lowest BCUT2D eigenvalue weighted by Gasteiger charge is -2.16. The molecule has 0 aromatic heterocycles. The molecule has 4 heteroatoms. The van der Waals surface area contributed by atoms with Crippen LogP contribution in [0.2, 0.25) is 0 Å². The third-order valence-electron chi connectivity index (χ3n) is 2.63. The van der Waals surface area contributed by atoms with Gasteiger partial charge in [0.05, 0.1) is 0 Å². The van der Waals surface area contributed by atoms with Crippen molar-refractivity contribution in [2.24, 2.45) is 16.6 Å². The van der Waals surface area contributed by atoms with Crippen molar-refractivity contribution in [2.75, 3.05) is 26.8 Å². The highest BCUT2D eigenvalue weighted by molar-refractivity contribution is 5.78. The molecule has 1 saturated carbocycles. The van der Waals surface area contributed by atoms with Crippen LogP contribution in [0.5, 0.6) is 0 Å². The van der Waals surface area contributed by atoms with Crippen LogP contribution in [0.25, 0.3) is 0 Å². The van der Waals surface area contributed by atoms with E-state index in [2.05, 4.69) is 23.7 Å². The van der Waals surface area contributed by atoms with Crippen LogP contribution in [0.1, 0.15) is 33.1 Å². The van der Waals surface area contributed by atoms with Gasteiger partial charge in [-0.2, -0.15) is 0 Å². The highest BCUT2D eigenvalue weighted by Gasteiger charge is 2.27. The number of nitrogens with zero attached hydrogens (tertiary/aromatic N) is 2. The third-order valence-corrected chi connectivity index (χ3v) is 2.63. The van der Waals surface area contributed by atoms with E-state index < -0.39 is 0 Å². The molecule has 0 atom stereocenters. The van der Waals surface area contributed by atoms with Gasteiger partial charge in [0.2, 0.25) is 0 Å². The number of rotatable bonds is 7. The minimum Gasteiger partial charge on any atom is -0.381 e. The van der Waals surface area contributed by atoms with Crippen LogP contribution in [0.15, 0.2) is 4.99 Å². The Hall–Kier alpha value is -0.770. The summed E-state index contributed by atoms with van der Waals surface area (Å²) in [6.07, 6.45) is 3.46. The Balaban J connectivity index is 2.02. The predicted octanol–water partition coefficient (Wildman–Crippen LogP) is 1.46. The van der Waals surface area contributed by atoms with Crippen LogP contribution in [0.3, 0.4) is 0 Å². The SMILES string of the molecule is CC(C)COCCCN=C(N)N(C)C1CC1. The molecular weight excluding hydrogens is 202 g/mol. The first-order chi connectivity index (χ1) is 7.61. The molecule has 0 spiro atoms. The van der Waals surface area contributed by atoms with E-state index in [4.69, 9.17) is 10.5 Å². The van der Waals surface area contributed by atoms with Crippen LogP contribution >= 0.6 is 0 Å². The molecule has 16 heavy (non-hydrogen) atoms. The Kier molecular flexibility index (Phi) is 5.60. The minimum absolute atomic E-state index is 0.606. The minimum atomic E-state index is 0.606. The quantitative estimate of drug-likeness (QED) is 0.407. The summed E-state index contributed by atoms with van der Waals surface area (Å²) in [6, 6.07) is 0.640. The topological polar surface area (TPSA) is 50.9 Å². The monoisotopic (exact) mass is 227 g/mol. The molecule has 0 aliphatic heterocycles. The molecule has 1 aliphatic carbocycles. The summed E-state index contributed by atoms with van der Waals surface area (Å²) in [5.41, 5.74) is 5.86. The summed E-state index contributed by atoms with van der Waals surface area (Å²) in [4.78, 5) is 6.42. The zero-order chi connectivity index (χ0) is 12.0. The van der Waals surface area contributed by atoms with E-state index in [0.29, 0.717) is 17.9 Å². The van der Waals surface area contributed by atoms with Crippen molar-refractivity contribution in [1.29, 1.82) is 0 Å². The fourth-order valence-electron chi connectivity index (χ4n) is 1.44. The Morgan fingerprint density at radius 3 is 2.75 bits per heavy atom. The number of hydrogen-bond acceptors (Lipinski definition) is 2. The van der Waals surface area contributed by atoms with Gasteiger partial charge >= 0.3 is 0 Å². The molecule has 0 unspecified atom stereocenters. The van der Waals surface area contributed by atoms with E-state index in [1.165, 1.54) is 12.8 Å². The maximum absolute atomic E-state index is 5.86. The van der Waals surface area contributed by atoms with Gasteiger partial charge in [-0.05, 0) is 25.2 Å². The molecule has 0 amide bonds. The van der Waals surface area contributed by atoms with Crippen molar-refractivity contribution in [1.82, 2.24) is 4.90 Å². The van der Waals surface area contributed by atoms with Gasteiger partial charge in [0.15, 0.2) is 5.96 Å². The molecule has 0 aromatic rings. The number of aliphatic imine (C=N–C) groups is 1. The summed E-state index contributed by atoms with van der Waals surface area (Å²) in [5, 5.41) is 0. The second-order valence-corrected chi connectivity index (χ2v) is 4.90. The van der Waals surface area contributed by atoms with E-state index in [1.807, 2.05) is 7.05 Å². The van der Waals surface area contributed by atoms with Crippen LogP contribution in [-0.2, 0) is 4.74 Å². The first-order valence-corrected chi connectivity index (χ1v) is 6.21. The average Bonchev–Trinajstić information content (AvgIpc) is 3.05. The molecule has 0 aromatic carbocycles. The van der Waals surface area contributed by atoms with Crippen LogP contribution in [0, 0.1) is 5.92 Å². The van der Waals surface area contributed by atoms with Crippen molar-refractivity contribution >= 4 is 5.96 Å². The highest BCUT2D eigenvalue weighted by atomic mass is 16.5. The lowest BCUT2D eigenvalue weighted by atomic mass is 10.2. The number of ether oxygens (including phenoxy) is 1. The fourth-order valence-corrected chi connectivity index (χ4v) is 1.44. The van der Waals surface area contributed by atoms with Gasteiger partial charge in [-0.25, -0.2) is 0 Å². The van der Waals surface area contributed by atoms with Gasteiger partial charge in [0.1, 0.15) is 0 Å². The largest absolute Gasteiger partial charge is 0.381 e.